The van der Waals surface area contributed by atoms with Crippen LogP contribution in [0.15, 0.2) is 115 Å². The van der Waals surface area contributed by atoms with Crippen molar-refractivity contribution in [2.75, 3.05) is 0 Å². The van der Waals surface area contributed by atoms with Gasteiger partial charge >= 0.3 is 197 Å². The van der Waals surface area contributed by atoms with Crippen LogP contribution in [-0.4, -0.2) is 4.98 Å². The minimum atomic E-state index is -3.05. The van der Waals surface area contributed by atoms with Gasteiger partial charge in [0.25, 0.3) is 0 Å². The number of fused-ring (bicyclic) bond motifs is 1. The van der Waals surface area contributed by atoms with Gasteiger partial charge in [0.05, 0.1) is 0 Å². The zero-order valence-corrected chi connectivity index (χ0v) is 19.9. The zero-order valence-electron chi connectivity index (χ0n) is 17.4. The predicted molar refractivity (Wildman–Crippen MR) is 141 cm³/mol. The summed E-state index contributed by atoms with van der Waals surface area (Å²) in [5.74, 6) is 0. The van der Waals surface area contributed by atoms with Crippen LogP contribution in [0.4, 0.5) is 0 Å². The first-order valence-corrected chi connectivity index (χ1v) is 15.0. The molecule has 2 nitrogen and oxygen atoms in total. The van der Waals surface area contributed by atoms with Crippen LogP contribution in [0.3, 0.4) is 0 Å². The average molecular weight is 497 g/mol. The van der Waals surface area contributed by atoms with Gasteiger partial charge in [0.2, 0.25) is 0 Å². The Balaban J connectivity index is 1.82. The Morgan fingerprint density at radius 2 is 1.19 bits per heavy atom. The van der Waals surface area contributed by atoms with Crippen LogP contribution < -0.4 is 15.9 Å². The van der Waals surface area contributed by atoms with E-state index in [0.717, 1.165) is 22.8 Å². The first-order chi connectivity index (χ1) is 15.6. The van der Waals surface area contributed by atoms with E-state index in [1.165, 1.54) is 15.9 Å². The fraction of sp³-hybridized carbons (Fsp3) is 0.0357. The Bertz CT molecular complexity index is 1320. The predicted octanol–water partition coefficient (Wildman–Crippen LogP) is 6.38. The molecule has 0 aliphatic heterocycles. The van der Waals surface area contributed by atoms with Crippen LogP contribution in [-0.2, 0) is 6.16 Å². The van der Waals surface area contributed by atoms with Crippen LogP contribution in [0, 0.1) is 11.3 Å². The molecule has 0 bridgehead atoms. The van der Waals surface area contributed by atoms with E-state index in [2.05, 4.69) is 124 Å². The second-order valence-electron chi connectivity index (χ2n) is 8.06. The Kier molecular flexibility index (Phi) is 5.22. The summed E-state index contributed by atoms with van der Waals surface area (Å²) >= 11 is 4.50. The molecule has 1 heterocycles. The molecule has 1 aromatic heterocycles. The molecule has 0 amide bonds. The monoisotopic (exact) mass is 496 g/mol. The number of hydrogen-bond donors (Lipinski definition) is 1. The molecule has 0 saturated carbocycles. The van der Waals surface area contributed by atoms with Crippen molar-refractivity contribution in [1.82, 2.24) is 4.98 Å². The number of aromatic nitrogens is 1. The summed E-state index contributed by atoms with van der Waals surface area (Å²) in [4.78, 5) is 3.61. The van der Waals surface area contributed by atoms with Crippen LogP contribution >= 0.6 is 20.8 Å². The molecule has 0 saturated heterocycles. The van der Waals surface area contributed by atoms with Crippen molar-refractivity contribution in [2.24, 2.45) is 0 Å². The number of benzene rings is 4. The number of halogens is 1. The Morgan fingerprint density at radius 1 is 0.688 bits per heavy atom. The second-order valence-corrected chi connectivity index (χ2v) is 17.0. The third-order valence-electron chi connectivity index (χ3n) is 6.16. The van der Waals surface area contributed by atoms with Gasteiger partial charge in [0.15, 0.2) is 0 Å². The van der Waals surface area contributed by atoms with Gasteiger partial charge in [0.1, 0.15) is 0 Å². The van der Waals surface area contributed by atoms with E-state index in [1.807, 2.05) is 18.2 Å². The number of nitrogens with one attached hydrogen (secondary N) is 1. The van der Waals surface area contributed by atoms with E-state index in [4.69, 9.17) is 0 Å². The van der Waals surface area contributed by atoms with Crippen LogP contribution in [0.1, 0.15) is 11.3 Å². The molecular weight excluding hydrogens is 475 g/mol. The first kappa shape index (κ1) is 20.7. The van der Waals surface area contributed by atoms with Crippen LogP contribution in [0.5, 0.6) is 0 Å². The summed E-state index contributed by atoms with van der Waals surface area (Å²) in [6, 6.07) is 42.6. The van der Waals surface area contributed by atoms with Gasteiger partial charge < -0.3 is 0 Å². The summed E-state index contributed by atoms with van der Waals surface area (Å²) in [5.41, 5.74) is 2.79. The summed E-state index contributed by atoms with van der Waals surface area (Å²) in [6.45, 7) is 0. The van der Waals surface area contributed by atoms with E-state index >= 15 is 0 Å². The molecule has 0 fully saturated rings. The van der Waals surface area contributed by atoms with Crippen molar-refractivity contribution in [2.45, 2.75) is 6.16 Å². The van der Waals surface area contributed by atoms with Crippen LogP contribution in [0.2, 0.25) is 0 Å². The van der Waals surface area contributed by atoms with Crippen molar-refractivity contribution in [3.8, 4) is 6.07 Å². The van der Waals surface area contributed by atoms with E-state index in [1.54, 1.807) is 0 Å². The molecule has 4 heteroatoms. The average Bonchev–Trinajstić information content (AvgIpc) is 3.26. The van der Waals surface area contributed by atoms with Gasteiger partial charge in [-0.3, -0.25) is 0 Å². The third kappa shape index (κ3) is 3.28. The third-order valence-corrected chi connectivity index (χ3v) is 15.7. The maximum atomic E-state index is 9.31. The fourth-order valence-electron chi connectivity index (χ4n) is 4.60. The Hall–Kier alpha value is -3.18. The van der Waals surface area contributed by atoms with Crippen molar-refractivity contribution >= 4 is 47.6 Å². The SMILES string of the molecule is N#Cc1ccc2cc(CP(Br)(c3ccccc3)(c3ccccc3)c3ccccc3)[nH]c2c1. The number of H-pyrrole nitrogens is 1. The molecule has 4 aromatic carbocycles. The van der Waals surface area contributed by atoms with Crippen LogP contribution in [0.25, 0.3) is 10.9 Å². The number of aromatic amines is 1. The molecule has 0 aliphatic carbocycles. The van der Waals surface area contributed by atoms with Gasteiger partial charge in [-0.1, -0.05) is 0 Å². The number of hydrogen-bond acceptors (Lipinski definition) is 1. The maximum absolute atomic E-state index is 9.31. The van der Waals surface area contributed by atoms with Crippen molar-refractivity contribution in [1.29, 1.82) is 5.26 Å². The molecule has 156 valence electrons. The van der Waals surface area contributed by atoms with E-state index in [-0.39, 0.29) is 0 Å². The molecule has 1 N–H and O–H groups in total. The molecule has 32 heavy (non-hydrogen) atoms. The summed E-state index contributed by atoms with van der Waals surface area (Å²) < 4.78 is 0. The van der Waals surface area contributed by atoms with Crippen molar-refractivity contribution in [3.63, 3.8) is 0 Å². The molecule has 0 spiro atoms. The topological polar surface area (TPSA) is 39.6 Å². The fourth-order valence-corrected chi connectivity index (χ4v) is 12.2. The van der Waals surface area contributed by atoms with E-state index in [0.29, 0.717) is 5.56 Å². The standard InChI is InChI=1S/C28H22BrN2P/c29-32(25-10-4-1-5-11-25,26-12-6-2-7-13-26,27-14-8-3-9-15-27)21-24-19-23-17-16-22(20-30)18-28(23)31-24/h1-19,31H,21H2. The second kappa shape index (κ2) is 8.06. The summed E-state index contributed by atoms with van der Waals surface area (Å²) in [7, 11) is 0. The molecule has 0 unspecified atom stereocenters. The number of rotatable bonds is 5. The number of nitrogens with zero attached hydrogens (tertiary/aromatic N) is 1. The Morgan fingerprint density at radius 3 is 1.66 bits per heavy atom. The molecular formula is C28H22BrN2P. The summed E-state index contributed by atoms with van der Waals surface area (Å²) in [5, 5.41) is 11.2. The Labute approximate surface area is 196 Å². The van der Waals surface area contributed by atoms with E-state index in [9.17, 15) is 5.26 Å². The van der Waals surface area contributed by atoms with E-state index < -0.39 is 5.31 Å². The van der Waals surface area contributed by atoms with Gasteiger partial charge in [-0.25, -0.2) is 0 Å². The molecule has 0 aliphatic rings. The van der Waals surface area contributed by atoms with Gasteiger partial charge in [-0.05, 0) is 0 Å². The minimum absolute atomic E-state index is 0.663. The zero-order chi connectivity index (χ0) is 22.0. The van der Waals surface area contributed by atoms with Gasteiger partial charge in [0, 0.05) is 0 Å². The van der Waals surface area contributed by atoms with Crippen molar-refractivity contribution < 1.29 is 0 Å². The molecule has 5 aromatic rings. The molecule has 0 atom stereocenters. The van der Waals surface area contributed by atoms with Gasteiger partial charge in [-0.2, -0.15) is 0 Å². The van der Waals surface area contributed by atoms with Crippen molar-refractivity contribution in [3.05, 3.63) is 127 Å². The quantitative estimate of drug-likeness (QED) is 0.281. The normalized spacial score (nSPS) is 12.7. The van der Waals surface area contributed by atoms with Gasteiger partial charge in [-0.15, -0.1) is 0 Å². The number of nitriles is 1. The summed E-state index contributed by atoms with van der Waals surface area (Å²) in [6.07, 6.45) is 0.792. The molecule has 5 rings (SSSR count). The first-order valence-electron chi connectivity index (χ1n) is 10.5. The molecule has 0 radical (unpaired) electrons.